The highest BCUT2D eigenvalue weighted by Gasteiger charge is 2.17. The second kappa shape index (κ2) is 10.2. The van der Waals surface area contributed by atoms with E-state index < -0.39 is 5.97 Å². The van der Waals surface area contributed by atoms with E-state index in [1.165, 1.54) is 37.7 Å². The number of benzene rings is 2. The Morgan fingerprint density at radius 2 is 1.57 bits per heavy atom. The first kappa shape index (κ1) is 21.8. The predicted octanol–water partition coefficient (Wildman–Crippen LogP) is 4.51. The van der Waals surface area contributed by atoms with Gasteiger partial charge in [0.2, 0.25) is 0 Å². The summed E-state index contributed by atoms with van der Waals surface area (Å²) in [5.74, 6) is -0.653. The molecule has 1 aliphatic carbocycles. The SMILES string of the molecule is Cc1ccc(C(=O)NCC(=O)OCC(=O)c2ccc(C3CCCCC3)cc2)cc1C. The van der Waals surface area contributed by atoms with Crippen molar-refractivity contribution >= 4 is 17.7 Å². The fourth-order valence-corrected chi connectivity index (χ4v) is 3.79. The van der Waals surface area contributed by atoms with Gasteiger partial charge in [-0.3, -0.25) is 14.4 Å². The average Bonchev–Trinajstić information content (AvgIpc) is 2.78. The standard InChI is InChI=1S/C25H29NO4/c1-17-8-9-22(14-18(17)2)25(29)26-15-24(28)30-16-23(27)21-12-10-20(11-13-21)19-6-4-3-5-7-19/h8-14,19H,3-7,15-16H2,1-2H3,(H,26,29). The lowest BCUT2D eigenvalue weighted by Gasteiger charge is -2.22. The molecule has 1 amide bonds. The van der Waals surface area contributed by atoms with E-state index in [4.69, 9.17) is 4.74 Å². The smallest absolute Gasteiger partial charge is 0.325 e. The molecule has 0 unspecified atom stereocenters. The highest BCUT2D eigenvalue weighted by molar-refractivity contribution is 5.99. The summed E-state index contributed by atoms with van der Waals surface area (Å²) in [6.45, 7) is 3.28. The molecule has 5 heteroatoms. The fraction of sp³-hybridized carbons (Fsp3) is 0.400. The number of carbonyl (C=O) groups excluding carboxylic acids is 3. The van der Waals surface area contributed by atoms with Gasteiger partial charge in [-0.1, -0.05) is 49.6 Å². The van der Waals surface area contributed by atoms with Gasteiger partial charge in [0.05, 0.1) is 0 Å². The van der Waals surface area contributed by atoms with Crippen LogP contribution in [-0.4, -0.2) is 30.8 Å². The lowest BCUT2D eigenvalue weighted by Crippen LogP contribution is -2.31. The molecule has 5 nitrogen and oxygen atoms in total. The molecule has 2 aromatic rings. The van der Waals surface area contributed by atoms with Gasteiger partial charge in [0, 0.05) is 11.1 Å². The Bertz CT molecular complexity index is 911. The average molecular weight is 408 g/mol. The molecular weight excluding hydrogens is 378 g/mol. The van der Waals surface area contributed by atoms with Crippen molar-refractivity contribution in [2.45, 2.75) is 51.9 Å². The molecule has 158 valence electrons. The monoisotopic (exact) mass is 407 g/mol. The first-order valence-corrected chi connectivity index (χ1v) is 10.6. The molecule has 0 saturated heterocycles. The van der Waals surface area contributed by atoms with Gasteiger partial charge < -0.3 is 10.1 Å². The third-order valence-corrected chi connectivity index (χ3v) is 5.84. The summed E-state index contributed by atoms with van der Waals surface area (Å²) in [6.07, 6.45) is 6.25. The lowest BCUT2D eigenvalue weighted by atomic mass is 9.84. The Labute approximate surface area is 177 Å². The molecule has 0 aliphatic heterocycles. The van der Waals surface area contributed by atoms with E-state index in [2.05, 4.69) is 5.32 Å². The van der Waals surface area contributed by atoms with Crippen LogP contribution < -0.4 is 5.32 Å². The number of rotatable bonds is 7. The summed E-state index contributed by atoms with van der Waals surface area (Å²) >= 11 is 0. The zero-order chi connectivity index (χ0) is 21.5. The summed E-state index contributed by atoms with van der Waals surface area (Å²) < 4.78 is 5.03. The number of aryl methyl sites for hydroxylation is 2. The number of Topliss-reactive ketones (excluding diaryl/α,β-unsaturated/α-hetero) is 1. The van der Waals surface area contributed by atoms with Crippen LogP contribution in [0, 0.1) is 13.8 Å². The lowest BCUT2D eigenvalue weighted by molar-refractivity contribution is -0.141. The van der Waals surface area contributed by atoms with E-state index >= 15 is 0 Å². The molecule has 3 rings (SSSR count). The van der Waals surface area contributed by atoms with Crippen LogP contribution >= 0.6 is 0 Å². The van der Waals surface area contributed by atoms with Crippen molar-refractivity contribution in [2.24, 2.45) is 0 Å². The van der Waals surface area contributed by atoms with Gasteiger partial charge in [-0.15, -0.1) is 0 Å². The first-order valence-electron chi connectivity index (χ1n) is 10.6. The molecule has 0 heterocycles. The summed E-state index contributed by atoms with van der Waals surface area (Å²) in [5, 5.41) is 2.53. The second-order valence-electron chi connectivity index (χ2n) is 8.02. The van der Waals surface area contributed by atoms with E-state index in [0.717, 1.165) is 11.1 Å². The molecule has 2 aromatic carbocycles. The van der Waals surface area contributed by atoms with Crippen LogP contribution in [0.25, 0.3) is 0 Å². The van der Waals surface area contributed by atoms with Crippen LogP contribution in [-0.2, 0) is 9.53 Å². The Hall–Kier alpha value is -2.95. The molecule has 0 bridgehead atoms. The van der Waals surface area contributed by atoms with Crippen molar-refractivity contribution in [3.05, 3.63) is 70.3 Å². The third kappa shape index (κ3) is 5.78. The summed E-state index contributed by atoms with van der Waals surface area (Å²) in [5.41, 5.74) is 4.39. The van der Waals surface area contributed by atoms with Gasteiger partial charge in [0.15, 0.2) is 12.4 Å². The summed E-state index contributed by atoms with van der Waals surface area (Å²) in [7, 11) is 0. The topological polar surface area (TPSA) is 72.5 Å². The largest absolute Gasteiger partial charge is 0.456 e. The number of hydrogen-bond donors (Lipinski definition) is 1. The predicted molar refractivity (Wildman–Crippen MR) is 116 cm³/mol. The van der Waals surface area contributed by atoms with Crippen molar-refractivity contribution in [1.29, 1.82) is 0 Å². The molecule has 1 N–H and O–H groups in total. The minimum atomic E-state index is -0.639. The zero-order valence-electron chi connectivity index (χ0n) is 17.7. The van der Waals surface area contributed by atoms with Crippen LogP contribution in [0.2, 0.25) is 0 Å². The van der Waals surface area contributed by atoms with Gasteiger partial charge in [-0.05, 0) is 61.4 Å². The minimum Gasteiger partial charge on any atom is -0.456 e. The second-order valence-corrected chi connectivity index (χ2v) is 8.02. The van der Waals surface area contributed by atoms with Gasteiger partial charge in [0.1, 0.15) is 6.54 Å². The fourth-order valence-electron chi connectivity index (χ4n) is 3.79. The number of ketones is 1. The van der Waals surface area contributed by atoms with Gasteiger partial charge >= 0.3 is 5.97 Å². The summed E-state index contributed by atoms with van der Waals surface area (Å²) in [6, 6.07) is 13.0. The van der Waals surface area contributed by atoms with E-state index in [-0.39, 0.29) is 24.8 Å². The van der Waals surface area contributed by atoms with Crippen molar-refractivity contribution in [3.63, 3.8) is 0 Å². The molecule has 0 spiro atoms. The number of hydrogen-bond acceptors (Lipinski definition) is 4. The van der Waals surface area contributed by atoms with Gasteiger partial charge in [0.25, 0.3) is 5.91 Å². The molecule has 0 atom stereocenters. The number of carbonyl (C=O) groups is 3. The molecule has 1 fully saturated rings. The van der Waals surface area contributed by atoms with E-state index in [0.29, 0.717) is 17.0 Å². The zero-order valence-corrected chi connectivity index (χ0v) is 17.7. The van der Waals surface area contributed by atoms with Crippen LogP contribution in [0.4, 0.5) is 0 Å². The molecular formula is C25H29NO4. The number of amides is 1. The van der Waals surface area contributed by atoms with E-state index in [1.54, 1.807) is 12.1 Å². The normalized spacial score (nSPS) is 14.2. The van der Waals surface area contributed by atoms with E-state index in [9.17, 15) is 14.4 Å². The Balaban J connectivity index is 1.44. The van der Waals surface area contributed by atoms with Gasteiger partial charge in [-0.25, -0.2) is 0 Å². The Morgan fingerprint density at radius 3 is 2.23 bits per heavy atom. The van der Waals surface area contributed by atoms with Crippen LogP contribution in [0.3, 0.4) is 0 Å². The third-order valence-electron chi connectivity index (χ3n) is 5.84. The van der Waals surface area contributed by atoms with Crippen molar-refractivity contribution in [3.8, 4) is 0 Å². The van der Waals surface area contributed by atoms with Crippen LogP contribution in [0.1, 0.15) is 75.4 Å². The van der Waals surface area contributed by atoms with Crippen molar-refractivity contribution in [1.82, 2.24) is 5.32 Å². The number of esters is 1. The highest BCUT2D eigenvalue weighted by atomic mass is 16.5. The van der Waals surface area contributed by atoms with Crippen LogP contribution in [0.15, 0.2) is 42.5 Å². The maximum Gasteiger partial charge on any atom is 0.325 e. The number of nitrogens with one attached hydrogen (secondary N) is 1. The number of ether oxygens (including phenoxy) is 1. The maximum absolute atomic E-state index is 12.3. The van der Waals surface area contributed by atoms with Gasteiger partial charge in [-0.2, -0.15) is 0 Å². The first-order chi connectivity index (χ1) is 14.4. The molecule has 1 saturated carbocycles. The highest BCUT2D eigenvalue weighted by Crippen LogP contribution is 2.32. The molecule has 0 aromatic heterocycles. The van der Waals surface area contributed by atoms with Crippen molar-refractivity contribution in [2.75, 3.05) is 13.2 Å². The molecule has 0 radical (unpaired) electrons. The Kier molecular flexibility index (Phi) is 7.39. The maximum atomic E-state index is 12.3. The quantitative estimate of drug-likeness (QED) is 0.542. The molecule has 30 heavy (non-hydrogen) atoms. The summed E-state index contributed by atoms with van der Waals surface area (Å²) in [4.78, 5) is 36.4. The Morgan fingerprint density at radius 1 is 0.900 bits per heavy atom. The molecule has 1 aliphatic rings. The van der Waals surface area contributed by atoms with Crippen molar-refractivity contribution < 1.29 is 19.1 Å². The van der Waals surface area contributed by atoms with Crippen LogP contribution in [0.5, 0.6) is 0 Å². The minimum absolute atomic E-state index is 0.251. The van der Waals surface area contributed by atoms with E-state index in [1.807, 2.05) is 44.2 Å².